The first-order chi connectivity index (χ1) is 9.93. The van der Waals surface area contributed by atoms with Gasteiger partial charge in [0.25, 0.3) is 10.0 Å². The minimum absolute atomic E-state index is 0.0700. The summed E-state index contributed by atoms with van der Waals surface area (Å²) >= 11 is 0. The van der Waals surface area contributed by atoms with Crippen LogP contribution in [0.3, 0.4) is 0 Å². The number of nitrogens with zero attached hydrogens (tertiary/aromatic N) is 1. The first-order valence-corrected chi connectivity index (χ1v) is 9.17. The van der Waals surface area contributed by atoms with Crippen molar-refractivity contribution in [1.29, 1.82) is 0 Å². The van der Waals surface area contributed by atoms with Crippen LogP contribution in [0.4, 0.5) is 0 Å². The molecule has 1 atom stereocenters. The molecule has 1 aliphatic heterocycles. The highest BCUT2D eigenvalue weighted by molar-refractivity contribution is 7.89. The lowest BCUT2D eigenvalue weighted by molar-refractivity contribution is 0.374. The lowest BCUT2D eigenvalue weighted by Gasteiger charge is -2.14. The number of hydrogen-bond donors (Lipinski definition) is 1. The third-order valence-electron chi connectivity index (χ3n) is 3.91. The maximum absolute atomic E-state index is 12.5. The molecular formula is C15H26N2O3S. The zero-order valence-electron chi connectivity index (χ0n) is 13.1. The largest absolute Gasteiger partial charge is 0.447 e. The fourth-order valence-corrected chi connectivity index (χ4v) is 4.01. The van der Waals surface area contributed by atoms with Crippen LogP contribution in [0.25, 0.3) is 0 Å². The molecule has 0 aromatic carbocycles. The SMILES string of the molecule is CCC1CCN(S(=O)(=O)c2ccc(CNCC(C)C)o2)C1. The van der Waals surface area contributed by atoms with E-state index in [-0.39, 0.29) is 5.09 Å². The van der Waals surface area contributed by atoms with Crippen LogP contribution < -0.4 is 5.32 Å². The second kappa shape index (κ2) is 6.94. The number of hydrogen-bond acceptors (Lipinski definition) is 4. The van der Waals surface area contributed by atoms with Crippen LogP contribution in [-0.4, -0.2) is 32.4 Å². The Balaban J connectivity index is 1.99. The quantitative estimate of drug-likeness (QED) is 0.839. The molecule has 1 aromatic rings. The Kier molecular flexibility index (Phi) is 5.46. The average molecular weight is 314 g/mol. The van der Waals surface area contributed by atoms with Gasteiger partial charge in [-0.3, -0.25) is 0 Å². The fraction of sp³-hybridized carbons (Fsp3) is 0.733. The van der Waals surface area contributed by atoms with Crippen LogP contribution >= 0.6 is 0 Å². The molecule has 1 N–H and O–H groups in total. The van der Waals surface area contributed by atoms with Gasteiger partial charge in [-0.2, -0.15) is 4.31 Å². The Morgan fingerprint density at radius 2 is 2.19 bits per heavy atom. The second-order valence-corrected chi connectivity index (χ2v) is 8.04. The molecule has 0 aliphatic carbocycles. The smallest absolute Gasteiger partial charge is 0.276 e. The predicted octanol–water partition coefficient (Wildman–Crippen LogP) is 2.45. The minimum Gasteiger partial charge on any atom is -0.447 e. The van der Waals surface area contributed by atoms with E-state index in [2.05, 4.69) is 26.1 Å². The number of nitrogens with one attached hydrogen (secondary N) is 1. The van der Waals surface area contributed by atoms with Crippen LogP contribution in [-0.2, 0) is 16.6 Å². The number of rotatable bonds is 7. The van der Waals surface area contributed by atoms with Gasteiger partial charge in [0.05, 0.1) is 6.54 Å². The van der Waals surface area contributed by atoms with Crippen LogP contribution in [0.1, 0.15) is 39.4 Å². The third-order valence-corrected chi connectivity index (χ3v) is 5.65. The molecule has 1 fully saturated rings. The van der Waals surface area contributed by atoms with Crippen molar-refractivity contribution >= 4 is 10.0 Å². The van der Waals surface area contributed by atoms with Gasteiger partial charge in [-0.25, -0.2) is 8.42 Å². The van der Waals surface area contributed by atoms with E-state index in [1.807, 2.05) is 0 Å². The molecule has 0 spiro atoms. The van der Waals surface area contributed by atoms with Gasteiger partial charge in [0.15, 0.2) is 0 Å². The Labute approximate surface area is 127 Å². The molecule has 1 aliphatic rings. The van der Waals surface area contributed by atoms with E-state index in [0.29, 0.717) is 37.2 Å². The van der Waals surface area contributed by atoms with Crippen molar-refractivity contribution in [2.45, 2.75) is 45.2 Å². The van der Waals surface area contributed by atoms with Gasteiger partial charge in [0, 0.05) is 13.1 Å². The average Bonchev–Trinajstić information content (AvgIpc) is 3.07. The molecule has 0 bridgehead atoms. The summed E-state index contributed by atoms with van der Waals surface area (Å²) in [6, 6.07) is 3.31. The van der Waals surface area contributed by atoms with Crippen molar-refractivity contribution in [3.05, 3.63) is 17.9 Å². The molecule has 21 heavy (non-hydrogen) atoms. The lowest BCUT2D eigenvalue weighted by atomic mass is 10.1. The van der Waals surface area contributed by atoms with E-state index in [0.717, 1.165) is 19.4 Å². The molecule has 1 aromatic heterocycles. The second-order valence-electron chi connectivity index (χ2n) is 6.17. The van der Waals surface area contributed by atoms with Gasteiger partial charge in [-0.05, 0) is 36.9 Å². The highest BCUT2D eigenvalue weighted by atomic mass is 32.2. The monoisotopic (exact) mass is 314 g/mol. The minimum atomic E-state index is -3.46. The molecule has 0 saturated carbocycles. The van der Waals surface area contributed by atoms with Crippen molar-refractivity contribution < 1.29 is 12.8 Å². The van der Waals surface area contributed by atoms with Crippen LogP contribution in [0.5, 0.6) is 0 Å². The predicted molar refractivity (Wildman–Crippen MR) is 82.4 cm³/mol. The summed E-state index contributed by atoms with van der Waals surface area (Å²) in [5, 5.41) is 3.32. The fourth-order valence-electron chi connectivity index (χ4n) is 2.55. The summed E-state index contributed by atoms with van der Waals surface area (Å²) in [6.07, 6.45) is 1.97. The first-order valence-electron chi connectivity index (χ1n) is 7.73. The molecule has 0 amide bonds. The van der Waals surface area contributed by atoms with Crippen LogP contribution in [0.15, 0.2) is 21.6 Å². The van der Waals surface area contributed by atoms with E-state index in [9.17, 15) is 8.42 Å². The van der Waals surface area contributed by atoms with Gasteiger partial charge in [-0.15, -0.1) is 0 Å². The van der Waals surface area contributed by atoms with E-state index >= 15 is 0 Å². The molecule has 6 heteroatoms. The van der Waals surface area contributed by atoms with Crippen LogP contribution in [0.2, 0.25) is 0 Å². The standard InChI is InChI=1S/C15H26N2O3S/c1-4-13-7-8-17(11-13)21(18,19)15-6-5-14(20-15)10-16-9-12(2)3/h5-6,12-13,16H,4,7-11H2,1-3H3. The summed E-state index contributed by atoms with van der Waals surface area (Å²) in [5.74, 6) is 1.70. The summed E-state index contributed by atoms with van der Waals surface area (Å²) in [5.41, 5.74) is 0. The van der Waals surface area contributed by atoms with E-state index < -0.39 is 10.0 Å². The van der Waals surface area contributed by atoms with E-state index in [1.165, 1.54) is 0 Å². The highest BCUT2D eigenvalue weighted by Gasteiger charge is 2.33. The normalized spacial score (nSPS) is 20.5. The van der Waals surface area contributed by atoms with Crippen molar-refractivity contribution in [2.75, 3.05) is 19.6 Å². The van der Waals surface area contributed by atoms with Crippen molar-refractivity contribution in [3.63, 3.8) is 0 Å². The zero-order valence-corrected chi connectivity index (χ0v) is 13.9. The Morgan fingerprint density at radius 3 is 2.81 bits per heavy atom. The zero-order chi connectivity index (χ0) is 15.5. The van der Waals surface area contributed by atoms with Crippen molar-refractivity contribution in [1.82, 2.24) is 9.62 Å². The Bertz CT molecular complexity index is 551. The maximum atomic E-state index is 12.5. The van der Waals surface area contributed by atoms with Gasteiger partial charge < -0.3 is 9.73 Å². The Hall–Kier alpha value is -0.850. The molecule has 5 nitrogen and oxygen atoms in total. The number of sulfonamides is 1. The lowest BCUT2D eigenvalue weighted by Crippen LogP contribution is -2.28. The Morgan fingerprint density at radius 1 is 1.43 bits per heavy atom. The summed E-state index contributed by atoms with van der Waals surface area (Å²) < 4.78 is 32.1. The molecule has 120 valence electrons. The van der Waals surface area contributed by atoms with Gasteiger partial charge in [-0.1, -0.05) is 27.2 Å². The molecule has 1 unspecified atom stereocenters. The molecule has 0 radical (unpaired) electrons. The molecule has 1 saturated heterocycles. The van der Waals surface area contributed by atoms with Gasteiger partial charge >= 0.3 is 0 Å². The summed E-state index contributed by atoms with van der Waals surface area (Å²) in [4.78, 5) is 0. The first kappa shape index (κ1) is 16.5. The van der Waals surface area contributed by atoms with Gasteiger partial charge in [0.1, 0.15) is 5.76 Å². The van der Waals surface area contributed by atoms with Crippen molar-refractivity contribution in [2.24, 2.45) is 11.8 Å². The summed E-state index contributed by atoms with van der Waals surface area (Å²) in [6.45, 7) is 9.01. The van der Waals surface area contributed by atoms with Crippen LogP contribution in [0, 0.1) is 11.8 Å². The number of furan rings is 1. The summed E-state index contributed by atoms with van der Waals surface area (Å²) in [7, 11) is -3.46. The molecule has 2 heterocycles. The van der Waals surface area contributed by atoms with Crippen molar-refractivity contribution in [3.8, 4) is 0 Å². The maximum Gasteiger partial charge on any atom is 0.276 e. The molecular weight excluding hydrogens is 288 g/mol. The molecule has 2 rings (SSSR count). The van der Waals surface area contributed by atoms with Gasteiger partial charge in [0.2, 0.25) is 5.09 Å². The van der Waals surface area contributed by atoms with E-state index in [4.69, 9.17) is 4.42 Å². The third kappa shape index (κ3) is 4.08. The van der Waals surface area contributed by atoms with E-state index in [1.54, 1.807) is 16.4 Å². The topological polar surface area (TPSA) is 62.6 Å². The highest BCUT2D eigenvalue weighted by Crippen LogP contribution is 2.26.